The molecule has 0 saturated carbocycles. The van der Waals surface area contributed by atoms with Crippen molar-refractivity contribution in [1.29, 1.82) is 0 Å². The molecule has 2 aromatic rings. The number of anilines is 1. The number of aromatic carboxylic acids is 1. The number of hydrogen-bond acceptors (Lipinski definition) is 2. The molecule has 0 aliphatic rings. The number of carbonyl (C=O) groups is 1. The van der Waals surface area contributed by atoms with E-state index in [-0.39, 0.29) is 10.6 Å². The number of hydrogen-bond donors (Lipinski definition) is 2. The van der Waals surface area contributed by atoms with E-state index < -0.39 is 5.97 Å². The van der Waals surface area contributed by atoms with E-state index in [1.54, 1.807) is 12.1 Å². The van der Waals surface area contributed by atoms with Gasteiger partial charge >= 0.3 is 5.97 Å². The zero-order valence-corrected chi connectivity index (χ0v) is 12.5. The molecule has 0 aromatic heterocycles. The predicted octanol–water partition coefficient (Wildman–Crippen LogP) is 4.82. The van der Waals surface area contributed by atoms with Gasteiger partial charge in [-0.05, 0) is 35.9 Å². The van der Waals surface area contributed by atoms with Crippen molar-refractivity contribution in [2.45, 2.75) is 0 Å². The molecule has 108 valence electrons. The van der Waals surface area contributed by atoms with Crippen LogP contribution in [0, 0.1) is 0 Å². The van der Waals surface area contributed by atoms with E-state index in [1.807, 2.05) is 36.4 Å². The minimum absolute atomic E-state index is 0.0962. The molecule has 0 aliphatic heterocycles. The third-order valence-electron chi connectivity index (χ3n) is 2.80. The maximum atomic E-state index is 10.8. The number of benzene rings is 2. The summed E-state index contributed by atoms with van der Waals surface area (Å²) in [7, 11) is 0. The summed E-state index contributed by atoms with van der Waals surface area (Å²) in [5.74, 6) is -1.03. The molecule has 3 nitrogen and oxygen atoms in total. The van der Waals surface area contributed by atoms with Crippen LogP contribution >= 0.6 is 23.2 Å². The van der Waals surface area contributed by atoms with Crippen LogP contribution in [0.5, 0.6) is 0 Å². The monoisotopic (exact) mass is 321 g/mol. The highest BCUT2D eigenvalue weighted by Gasteiger charge is 2.08. The molecule has 0 unspecified atom stereocenters. The molecule has 0 atom stereocenters. The molecule has 0 heterocycles. The van der Waals surface area contributed by atoms with Gasteiger partial charge in [-0.25, -0.2) is 4.79 Å². The molecule has 0 fully saturated rings. The third kappa shape index (κ3) is 4.52. The first-order valence-corrected chi connectivity index (χ1v) is 7.00. The van der Waals surface area contributed by atoms with Crippen LogP contribution in [-0.2, 0) is 0 Å². The maximum Gasteiger partial charge on any atom is 0.337 e. The topological polar surface area (TPSA) is 49.3 Å². The minimum atomic E-state index is -1.03. The molecule has 0 radical (unpaired) electrons. The van der Waals surface area contributed by atoms with Crippen molar-refractivity contribution in [3.8, 4) is 0 Å². The van der Waals surface area contributed by atoms with Crippen LogP contribution in [0.15, 0.2) is 48.5 Å². The second kappa shape index (κ2) is 7.16. The summed E-state index contributed by atoms with van der Waals surface area (Å²) in [6.45, 7) is 0.603. The van der Waals surface area contributed by atoms with Gasteiger partial charge in [0.15, 0.2) is 0 Å². The summed E-state index contributed by atoms with van der Waals surface area (Å²) in [6.07, 6.45) is 3.93. The Morgan fingerprint density at radius 3 is 2.48 bits per heavy atom. The average molecular weight is 322 g/mol. The normalized spacial score (nSPS) is 10.8. The van der Waals surface area contributed by atoms with Crippen molar-refractivity contribution in [3.05, 3.63) is 69.7 Å². The van der Waals surface area contributed by atoms with Crippen molar-refractivity contribution in [2.24, 2.45) is 0 Å². The van der Waals surface area contributed by atoms with E-state index in [4.69, 9.17) is 28.3 Å². The standard InChI is InChI=1S/C16H13Cl2NO2/c17-12-5-3-11(4-6-12)2-1-9-19-13-7-8-14(16(20)21)15(18)10-13/h1-8,10,19H,9H2,(H,20,21)/b2-1+. The van der Waals surface area contributed by atoms with Crippen LogP contribution < -0.4 is 5.32 Å². The molecule has 0 spiro atoms. The molecule has 0 aliphatic carbocycles. The van der Waals surface area contributed by atoms with Crippen LogP contribution in [-0.4, -0.2) is 17.6 Å². The zero-order chi connectivity index (χ0) is 15.2. The second-order valence-electron chi connectivity index (χ2n) is 4.33. The molecule has 2 aromatic carbocycles. The molecule has 2 N–H and O–H groups in total. The number of halogens is 2. The van der Waals surface area contributed by atoms with Crippen LogP contribution in [0.25, 0.3) is 6.08 Å². The number of nitrogens with one attached hydrogen (secondary N) is 1. The summed E-state index contributed by atoms with van der Waals surface area (Å²) in [6, 6.07) is 12.3. The molecule has 2 rings (SSSR count). The second-order valence-corrected chi connectivity index (χ2v) is 5.18. The fraction of sp³-hybridized carbons (Fsp3) is 0.0625. The Morgan fingerprint density at radius 1 is 1.14 bits per heavy atom. The molecule has 0 bridgehead atoms. The third-order valence-corrected chi connectivity index (χ3v) is 3.37. The smallest absolute Gasteiger partial charge is 0.337 e. The lowest BCUT2D eigenvalue weighted by atomic mass is 10.2. The molecule has 21 heavy (non-hydrogen) atoms. The highest BCUT2D eigenvalue weighted by Crippen LogP contribution is 2.20. The highest BCUT2D eigenvalue weighted by atomic mass is 35.5. The van der Waals surface area contributed by atoms with Gasteiger partial charge in [0.05, 0.1) is 10.6 Å². The van der Waals surface area contributed by atoms with E-state index in [0.29, 0.717) is 11.6 Å². The number of carboxylic acids is 1. The van der Waals surface area contributed by atoms with E-state index in [2.05, 4.69) is 5.32 Å². The Morgan fingerprint density at radius 2 is 1.86 bits per heavy atom. The fourth-order valence-electron chi connectivity index (χ4n) is 1.74. The van der Waals surface area contributed by atoms with Gasteiger partial charge in [0.25, 0.3) is 0 Å². The van der Waals surface area contributed by atoms with Gasteiger partial charge < -0.3 is 10.4 Å². The molecular formula is C16H13Cl2NO2. The van der Waals surface area contributed by atoms with E-state index in [9.17, 15) is 4.79 Å². The van der Waals surface area contributed by atoms with Gasteiger partial charge in [0.2, 0.25) is 0 Å². The van der Waals surface area contributed by atoms with Crippen LogP contribution in [0.4, 0.5) is 5.69 Å². The summed E-state index contributed by atoms with van der Waals surface area (Å²) in [4.78, 5) is 10.8. The van der Waals surface area contributed by atoms with Gasteiger partial charge in [0, 0.05) is 17.3 Å². The first-order chi connectivity index (χ1) is 10.1. The molecular weight excluding hydrogens is 309 g/mol. The summed E-state index contributed by atoms with van der Waals surface area (Å²) < 4.78 is 0. The van der Waals surface area contributed by atoms with Crippen LogP contribution in [0.3, 0.4) is 0 Å². The van der Waals surface area contributed by atoms with Gasteiger partial charge in [-0.2, -0.15) is 0 Å². The zero-order valence-electron chi connectivity index (χ0n) is 11.0. The lowest BCUT2D eigenvalue weighted by Crippen LogP contribution is -2.01. The highest BCUT2D eigenvalue weighted by molar-refractivity contribution is 6.33. The van der Waals surface area contributed by atoms with Crippen molar-refractivity contribution in [2.75, 3.05) is 11.9 Å². The SMILES string of the molecule is O=C(O)c1ccc(NC/C=C/c2ccc(Cl)cc2)cc1Cl. The maximum absolute atomic E-state index is 10.8. The first kappa shape index (κ1) is 15.4. The van der Waals surface area contributed by atoms with Gasteiger partial charge in [-0.3, -0.25) is 0 Å². The minimum Gasteiger partial charge on any atom is -0.478 e. The predicted molar refractivity (Wildman–Crippen MR) is 87.4 cm³/mol. The van der Waals surface area contributed by atoms with Crippen LogP contribution in [0.1, 0.15) is 15.9 Å². The Bertz CT molecular complexity index is 666. The Hall–Kier alpha value is -1.97. The molecule has 5 heteroatoms. The number of carboxylic acid groups (broad SMARTS) is 1. The average Bonchev–Trinajstić information content (AvgIpc) is 2.45. The first-order valence-electron chi connectivity index (χ1n) is 6.25. The fourth-order valence-corrected chi connectivity index (χ4v) is 2.13. The summed E-state index contributed by atoms with van der Waals surface area (Å²) in [5.41, 5.74) is 1.92. The lowest BCUT2D eigenvalue weighted by molar-refractivity contribution is 0.0697. The van der Waals surface area contributed by atoms with Gasteiger partial charge in [0.1, 0.15) is 0 Å². The van der Waals surface area contributed by atoms with Crippen LogP contribution in [0.2, 0.25) is 10.0 Å². The van der Waals surface area contributed by atoms with Crippen molar-refractivity contribution >= 4 is 40.9 Å². The van der Waals surface area contributed by atoms with E-state index in [0.717, 1.165) is 11.3 Å². The van der Waals surface area contributed by atoms with Crippen molar-refractivity contribution in [3.63, 3.8) is 0 Å². The Balaban J connectivity index is 1.93. The quantitative estimate of drug-likeness (QED) is 0.830. The summed E-state index contributed by atoms with van der Waals surface area (Å²) in [5, 5.41) is 13.0. The van der Waals surface area contributed by atoms with Crippen molar-refractivity contribution < 1.29 is 9.90 Å². The largest absolute Gasteiger partial charge is 0.478 e. The Kier molecular flexibility index (Phi) is 5.26. The van der Waals surface area contributed by atoms with E-state index >= 15 is 0 Å². The molecule has 0 amide bonds. The van der Waals surface area contributed by atoms with Gasteiger partial charge in [-0.1, -0.05) is 47.5 Å². The van der Waals surface area contributed by atoms with E-state index in [1.165, 1.54) is 6.07 Å². The van der Waals surface area contributed by atoms with Crippen molar-refractivity contribution in [1.82, 2.24) is 0 Å². The number of rotatable bonds is 5. The Labute approximate surface area is 132 Å². The van der Waals surface area contributed by atoms with Gasteiger partial charge in [-0.15, -0.1) is 0 Å². The summed E-state index contributed by atoms with van der Waals surface area (Å²) >= 11 is 11.7. The molecule has 0 saturated heterocycles. The lowest BCUT2D eigenvalue weighted by Gasteiger charge is -2.05.